The number of carbonyl (C=O) groups is 2. The first-order chi connectivity index (χ1) is 14.0. The lowest BCUT2D eigenvalue weighted by atomic mass is 10.1. The number of ether oxygens (including phenoxy) is 1. The van der Waals surface area contributed by atoms with E-state index in [0.29, 0.717) is 14.9 Å². The number of fused-ring (bicyclic) bond motifs is 1. The molecule has 0 unspecified atom stereocenters. The van der Waals surface area contributed by atoms with Crippen LogP contribution in [0.5, 0.6) is 11.5 Å². The van der Waals surface area contributed by atoms with Crippen LogP contribution >= 0.6 is 27.7 Å². The molecular formula is C22H16BrNO4S. The molecule has 0 spiro atoms. The second-order valence-electron chi connectivity index (χ2n) is 6.50. The number of imide groups is 1. The minimum Gasteiger partial charge on any atom is -0.503 e. The van der Waals surface area contributed by atoms with E-state index in [0.717, 1.165) is 28.1 Å². The average molecular weight is 470 g/mol. The highest BCUT2D eigenvalue weighted by atomic mass is 79.9. The molecule has 3 aromatic rings. The van der Waals surface area contributed by atoms with E-state index in [1.54, 1.807) is 18.2 Å². The maximum absolute atomic E-state index is 12.8. The fraction of sp³-hybridized carbons (Fsp3) is 0.0909. The summed E-state index contributed by atoms with van der Waals surface area (Å²) >= 11 is 4.16. The summed E-state index contributed by atoms with van der Waals surface area (Å²) in [6, 6.07) is 17.1. The number of phenols is 1. The number of amides is 2. The monoisotopic (exact) mass is 469 g/mol. The van der Waals surface area contributed by atoms with Crippen molar-refractivity contribution in [2.45, 2.75) is 6.54 Å². The molecule has 7 heteroatoms. The van der Waals surface area contributed by atoms with E-state index in [1.165, 1.54) is 12.0 Å². The van der Waals surface area contributed by atoms with Crippen LogP contribution in [0.4, 0.5) is 4.79 Å². The van der Waals surface area contributed by atoms with Gasteiger partial charge in [0.15, 0.2) is 11.5 Å². The van der Waals surface area contributed by atoms with Crippen molar-refractivity contribution in [1.82, 2.24) is 4.90 Å². The molecule has 0 bridgehead atoms. The van der Waals surface area contributed by atoms with Gasteiger partial charge in [-0.3, -0.25) is 14.5 Å². The normalized spacial score (nSPS) is 15.5. The molecule has 2 amide bonds. The van der Waals surface area contributed by atoms with Gasteiger partial charge in [0.25, 0.3) is 11.1 Å². The highest BCUT2D eigenvalue weighted by molar-refractivity contribution is 9.10. The molecule has 0 atom stereocenters. The lowest BCUT2D eigenvalue weighted by molar-refractivity contribution is -0.123. The molecule has 5 nitrogen and oxygen atoms in total. The fourth-order valence-electron chi connectivity index (χ4n) is 3.14. The zero-order valence-corrected chi connectivity index (χ0v) is 17.8. The van der Waals surface area contributed by atoms with Crippen molar-refractivity contribution in [2.24, 2.45) is 0 Å². The van der Waals surface area contributed by atoms with Crippen molar-refractivity contribution < 1.29 is 19.4 Å². The molecule has 1 aliphatic heterocycles. The molecule has 0 radical (unpaired) electrons. The number of benzene rings is 3. The zero-order chi connectivity index (χ0) is 20.5. The largest absolute Gasteiger partial charge is 0.503 e. The first-order valence-electron chi connectivity index (χ1n) is 8.76. The van der Waals surface area contributed by atoms with Gasteiger partial charge in [0, 0.05) is 0 Å². The van der Waals surface area contributed by atoms with Crippen LogP contribution in [0.3, 0.4) is 0 Å². The van der Waals surface area contributed by atoms with Gasteiger partial charge in [-0.15, -0.1) is 0 Å². The van der Waals surface area contributed by atoms with Gasteiger partial charge in [-0.25, -0.2) is 0 Å². The molecule has 3 aromatic carbocycles. The number of aromatic hydroxyl groups is 1. The molecule has 0 aromatic heterocycles. The van der Waals surface area contributed by atoms with E-state index in [1.807, 2.05) is 42.5 Å². The standard InChI is InChI=1S/C22H16BrNO4S/c1-28-18-10-14(9-17(23)20(18)25)11-19-21(26)24(22(27)29-19)12-13-6-7-15-4-2-3-5-16(15)8-13/h2-11,25H,12H2,1H3/b19-11-. The van der Waals surface area contributed by atoms with E-state index < -0.39 is 0 Å². The summed E-state index contributed by atoms with van der Waals surface area (Å²) in [5.74, 6) is -0.0774. The minimum atomic E-state index is -0.337. The highest BCUT2D eigenvalue weighted by Crippen LogP contribution is 2.38. The number of halogens is 1. The molecule has 4 rings (SSSR count). The van der Waals surface area contributed by atoms with Crippen LogP contribution in [0.25, 0.3) is 16.8 Å². The van der Waals surface area contributed by atoms with E-state index in [9.17, 15) is 14.7 Å². The van der Waals surface area contributed by atoms with Crippen LogP contribution in [0, 0.1) is 0 Å². The number of nitrogens with zero attached hydrogens (tertiary/aromatic N) is 1. The Morgan fingerprint density at radius 2 is 1.86 bits per heavy atom. The Hall–Kier alpha value is -2.77. The number of phenolic OH excluding ortho intramolecular Hbond substituents is 1. The summed E-state index contributed by atoms with van der Waals surface area (Å²) in [4.78, 5) is 26.8. The maximum atomic E-state index is 12.8. The van der Waals surface area contributed by atoms with Crippen LogP contribution < -0.4 is 4.74 Å². The molecule has 1 aliphatic rings. The Morgan fingerprint density at radius 3 is 2.62 bits per heavy atom. The van der Waals surface area contributed by atoms with Gasteiger partial charge in [0.2, 0.25) is 0 Å². The Bertz CT molecular complexity index is 1170. The van der Waals surface area contributed by atoms with Gasteiger partial charge in [-0.05, 0) is 73.9 Å². The molecule has 0 aliphatic carbocycles. The maximum Gasteiger partial charge on any atom is 0.293 e. The predicted molar refractivity (Wildman–Crippen MR) is 118 cm³/mol. The summed E-state index contributed by atoms with van der Waals surface area (Å²) < 4.78 is 5.58. The molecule has 1 fully saturated rings. The van der Waals surface area contributed by atoms with Crippen LogP contribution in [0.1, 0.15) is 11.1 Å². The third-order valence-corrected chi connectivity index (χ3v) is 6.11. The Balaban J connectivity index is 1.60. The zero-order valence-electron chi connectivity index (χ0n) is 15.4. The van der Waals surface area contributed by atoms with Crippen molar-refractivity contribution in [3.05, 3.63) is 75.1 Å². The summed E-state index contributed by atoms with van der Waals surface area (Å²) in [6.07, 6.45) is 1.62. The van der Waals surface area contributed by atoms with Crippen LogP contribution in [0.2, 0.25) is 0 Å². The summed E-state index contributed by atoms with van der Waals surface area (Å²) in [7, 11) is 1.45. The fourth-order valence-corrected chi connectivity index (χ4v) is 4.44. The summed E-state index contributed by atoms with van der Waals surface area (Å²) in [6.45, 7) is 0.218. The topological polar surface area (TPSA) is 66.8 Å². The highest BCUT2D eigenvalue weighted by Gasteiger charge is 2.35. The molecule has 146 valence electrons. The second-order valence-corrected chi connectivity index (χ2v) is 8.35. The van der Waals surface area contributed by atoms with Gasteiger partial charge >= 0.3 is 0 Å². The molecule has 29 heavy (non-hydrogen) atoms. The summed E-state index contributed by atoms with van der Waals surface area (Å²) in [5.41, 5.74) is 1.53. The molecule has 1 saturated heterocycles. The van der Waals surface area contributed by atoms with Gasteiger partial charge in [-0.1, -0.05) is 36.4 Å². The minimum absolute atomic E-state index is 0.0194. The number of carbonyl (C=O) groups excluding carboxylic acids is 2. The van der Waals surface area contributed by atoms with Crippen LogP contribution in [0.15, 0.2) is 64.0 Å². The van der Waals surface area contributed by atoms with Gasteiger partial charge < -0.3 is 9.84 Å². The third kappa shape index (κ3) is 3.88. The summed E-state index contributed by atoms with van der Waals surface area (Å²) in [5, 5.41) is 11.8. The lowest BCUT2D eigenvalue weighted by Gasteiger charge is -2.13. The SMILES string of the molecule is COc1cc(/C=C2\SC(=O)N(Cc3ccc4ccccc4c3)C2=O)cc(Br)c1O. The molecule has 0 saturated carbocycles. The van der Waals surface area contributed by atoms with Crippen LogP contribution in [-0.2, 0) is 11.3 Å². The Morgan fingerprint density at radius 1 is 1.10 bits per heavy atom. The second kappa shape index (κ2) is 7.93. The average Bonchev–Trinajstić information content (AvgIpc) is 2.97. The quantitative estimate of drug-likeness (QED) is 0.507. The Kier molecular flexibility index (Phi) is 5.34. The van der Waals surface area contributed by atoms with Crippen LogP contribution in [-0.4, -0.2) is 28.3 Å². The van der Waals surface area contributed by atoms with Gasteiger partial charge in [0.1, 0.15) is 0 Å². The number of hydrogen-bond donors (Lipinski definition) is 1. The number of methoxy groups -OCH3 is 1. The molecule has 1 N–H and O–H groups in total. The third-order valence-electron chi connectivity index (χ3n) is 4.60. The van der Waals surface area contributed by atoms with Gasteiger partial charge in [-0.2, -0.15) is 0 Å². The van der Waals surface area contributed by atoms with Crippen molar-refractivity contribution >= 4 is 55.7 Å². The Labute approximate surface area is 180 Å². The van der Waals surface area contributed by atoms with Crippen molar-refractivity contribution in [3.8, 4) is 11.5 Å². The van der Waals surface area contributed by atoms with E-state index in [4.69, 9.17) is 4.74 Å². The van der Waals surface area contributed by atoms with Crippen molar-refractivity contribution in [3.63, 3.8) is 0 Å². The number of rotatable bonds is 4. The lowest BCUT2D eigenvalue weighted by Crippen LogP contribution is -2.27. The van der Waals surface area contributed by atoms with E-state index in [2.05, 4.69) is 15.9 Å². The smallest absolute Gasteiger partial charge is 0.293 e. The molecular weight excluding hydrogens is 454 g/mol. The molecule has 1 heterocycles. The van der Waals surface area contributed by atoms with Gasteiger partial charge in [0.05, 0.1) is 23.0 Å². The van der Waals surface area contributed by atoms with Crippen molar-refractivity contribution in [1.29, 1.82) is 0 Å². The predicted octanol–water partition coefficient (Wildman–Crippen LogP) is 5.55. The van der Waals surface area contributed by atoms with E-state index in [-0.39, 0.29) is 29.2 Å². The number of hydrogen-bond acceptors (Lipinski definition) is 5. The first kappa shape index (κ1) is 19.5. The van der Waals surface area contributed by atoms with Crippen molar-refractivity contribution in [2.75, 3.05) is 7.11 Å². The van der Waals surface area contributed by atoms with E-state index >= 15 is 0 Å². The number of thioether (sulfide) groups is 1. The first-order valence-corrected chi connectivity index (χ1v) is 10.4.